The van der Waals surface area contributed by atoms with Crippen molar-refractivity contribution in [2.45, 2.75) is 74.3 Å². The number of nitrogens with two attached hydrogens (primary N) is 1. The molecule has 0 bridgehead atoms. The number of ether oxygens (including phenoxy) is 7. The van der Waals surface area contributed by atoms with Crippen molar-refractivity contribution in [2.75, 3.05) is 11.1 Å². The molecule has 1 amide bonds. The van der Waals surface area contributed by atoms with E-state index >= 15 is 0 Å². The molecule has 14 nitrogen and oxygen atoms in total. The van der Waals surface area contributed by atoms with Crippen LogP contribution in [0.2, 0.25) is 0 Å². The molecule has 0 aromatic heterocycles. The Morgan fingerprint density at radius 3 is 1.04 bits per heavy atom. The number of nitrogen functional groups attached to an aromatic ring is 1. The van der Waals surface area contributed by atoms with E-state index in [9.17, 15) is 14.4 Å². The fourth-order valence-corrected chi connectivity index (χ4v) is 9.50. The minimum absolute atomic E-state index is 0.116. The highest BCUT2D eigenvalue weighted by atomic mass is 16.6. The van der Waals surface area contributed by atoms with Gasteiger partial charge in [0.1, 0.15) is 45.4 Å². The number of rotatable bonds is 23. The minimum atomic E-state index is -0.860. The van der Waals surface area contributed by atoms with Gasteiger partial charge in [0.15, 0.2) is 28.7 Å². The Kier molecular flexibility index (Phi) is 23.6. The molecule has 0 aliphatic carbocycles. The average Bonchev–Trinajstić information content (AvgIpc) is 1.17. The molecule has 11 aromatic rings. The van der Waals surface area contributed by atoms with Crippen LogP contribution in [0.25, 0.3) is 0 Å². The van der Waals surface area contributed by atoms with Crippen molar-refractivity contribution < 1.29 is 57.8 Å². The van der Waals surface area contributed by atoms with Gasteiger partial charge < -0.3 is 54.4 Å². The molecule has 14 heteroatoms. The number of hydrogen-bond acceptors (Lipinski definition) is 12. The van der Waals surface area contributed by atoms with E-state index in [0.29, 0.717) is 34.2 Å². The van der Waals surface area contributed by atoms with E-state index in [2.05, 4.69) is 5.32 Å². The van der Waals surface area contributed by atoms with Crippen LogP contribution in [0.4, 0.5) is 11.4 Å². The fraction of sp³-hybridized carbons (Fsp3) is 0.138. The minimum Gasteiger partial charge on any atom is -0.506 e. The summed E-state index contributed by atoms with van der Waals surface area (Å²) in [7, 11) is 0. The third-order valence-electron chi connectivity index (χ3n) is 14.9. The first kappa shape index (κ1) is 66.6. The largest absolute Gasteiger partial charge is 0.506 e. The van der Waals surface area contributed by atoms with Gasteiger partial charge in [-0.05, 0) is 156 Å². The third-order valence-corrected chi connectivity index (χ3v) is 14.9. The normalized spacial score (nSPS) is 10.5. The first-order valence-corrected chi connectivity index (χ1v) is 30.5. The Morgan fingerprint density at radius 2 is 0.702 bits per heavy atom. The smallest absolute Gasteiger partial charge is 0.343 e. The topological polar surface area (TPSA) is 194 Å². The SMILES string of the molecule is Cc1cc(C(=O)O)cc(C)c1C.Cc1ccc(N)c(O)c1.Cc1ccc(NC(=O)c2cc(OCc3ccccc3)c(OCc3ccccc3)c(OCc3ccccc3)c2)c(OC(=O)c2cc(OCc3ccccc3)c(OCc3ccccc3)c(OCc3ccccc3)c2)c1. The van der Waals surface area contributed by atoms with E-state index in [1.165, 1.54) is 5.56 Å². The maximum Gasteiger partial charge on any atom is 0.343 e. The number of aromatic hydroxyl groups is 1. The molecule has 0 atom stereocenters. The number of carbonyl (C=O) groups excluding carboxylic acids is 2. The molecule has 0 aliphatic heterocycles. The van der Waals surface area contributed by atoms with Crippen molar-refractivity contribution >= 4 is 29.2 Å². The maximum absolute atomic E-state index is 14.6. The van der Waals surface area contributed by atoms with Crippen LogP contribution in [-0.2, 0) is 39.6 Å². The summed E-state index contributed by atoms with van der Waals surface area (Å²) < 4.78 is 44.9. The molecular weight excluding hydrogens is 1180 g/mol. The standard InChI is InChI=1S/C63H53NO9.C10H12O2.C7H9NO/c1-45-32-33-54(64-62(65)52-35-56(67-39-46-20-8-2-9-21-46)60(71-43-50-28-16-6-17-29-50)57(36-52)68-40-47-22-10-3-11-23-47)55(34-45)73-63(66)53-37-58(69-41-48-24-12-4-13-25-48)61(72-44-51-30-18-7-19-31-51)59(38-53)70-42-49-26-14-5-15-27-49;1-6-4-9(10(11)12)5-7(2)8(6)3;1-5-2-3-6(8)7(9)4-5/h2-38H,39-44H2,1H3,(H,64,65);4-5H,1-3H3,(H,11,12);2-4,9H,8H2,1H3. The molecule has 0 saturated heterocycles. The Labute approximate surface area is 548 Å². The van der Waals surface area contributed by atoms with Gasteiger partial charge in [-0.25, -0.2) is 9.59 Å². The molecule has 5 N–H and O–H groups in total. The predicted molar refractivity (Wildman–Crippen MR) is 366 cm³/mol. The zero-order valence-electron chi connectivity index (χ0n) is 53.0. The summed E-state index contributed by atoms with van der Waals surface area (Å²) in [5.41, 5.74) is 17.3. The number of carboxylic acids is 1. The van der Waals surface area contributed by atoms with Crippen molar-refractivity contribution in [2.24, 2.45) is 0 Å². The molecule has 0 radical (unpaired) electrons. The second-order valence-electron chi connectivity index (χ2n) is 22.2. The Hall–Kier alpha value is -11.8. The van der Waals surface area contributed by atoms with E-state index in [-0.39, 0.29) is 79.5 Å². The second kappa shape index (κ2) is 33.3. The molecule has 0 saturated carbocycles. The van der Waals surface area contributed by atoms with Crippen LogP contribution in [0.15, 0.2) is 255 Å². The summed E-state index contributed by atoms with van der Waals surface area (Å²) in [6.07, 6.45) is 0. The number of carbonyl (C=O) groups is 3. The molecule has 0 unspecified atom stereocenters. The molecule has 0 fully saturated rings. The zero-order valence-corrected chi connectivity index (χ0v) is 53.0. The van der Waals surface area contributed by atoms with Gasteiger partial charge in [-0.1, -0.05) is 194 Å². The number of esters is 1. The monoisotopic (exact) mass is 1250 g/mol. The van der Waals surface area contributed by atoms with Gasteiger partial charge >= 0.3 is 11.9 Å². The molecule has 94 heavy (non-hydrogen) atoms. The summed E-state index contributed by atoms with van der Waals surface area (Å²) in [6, 6.07) is 78.6. The van der Waals surface area contributed by atoms with Crippen LogP contribution in [0.1, 0.15) is 92.3 Å². The number of amides is 1. The zero-order chi connectivity index (χ0) is 66.2. The fourth-order valence-electron chi connectivity index (χ4n) is 9.50. The lowest BCUT2D eigenvalue weighted by Crippen LogP contribution is -2.16. The Bertz CT molecular complexity index is 4130. The maximum atomic E-state index is 14.6. The number of anilines is 2. The van der Waals surface area contributed by atoms with Crippen LogP contribution in [0, 0.1) is 34.6 Å². The number of phenols is 1. The number of aromatic carboxylic acids is 1. The molecule has 476 valence electrons. The third kappa shape index (κ3) is 19.6. The number of nitrogens with one attached hydrogen (secondary N) is 1. The lowest BCUT2D eigenvalue weighted by atomic mass is 10.0. The van der Waals surface area contributed by atoms with E-state index < -0.39 is 17.8 Å². The van der Waals surface area contributed by atoms with E-state index in [0.717, 1.165) is 55.6 Å². The highest BCUT2D eigenvalue weighted by molar-refractivity contribution is 6.06. The first-order valence-electron chi connectivity index (χ1n) is 30.5. The molecule has 11 aromatic carbocycles. The molecular formula is C80H74N2O12. The summed E-state index contributed by atoms with van der Waals surface area (Å²) in [6.45, 7) is 10.8. The van der Waals surface area contributed by atoms with Crippen molar-refractivity contribution in [3.63, 3.8) is 0 Å². The number of phenolic OH excluding ortho intramolecular Hbond substituents is 1. The molecule has 0 spiro atoms. The number of hydrogen-bond donors (Lipinski definition) is 4. The van der Waals surface area contributed by atoms with Crippen LogP contribution in [-0.4, -0.2) is 28.1 Å². The summed E-state index contributed by atoms with van der Waals surface area (Å²) in [4.78, 5) is 39.7. The van der Waals surface area contributed by atoms with Gasteiger partial charge in [-0.15, -0.1) is 0 Å². The van der Waals surface area contributed by atoms with Gasteiger partial charge in [-0.2, -0.15) is 0 Å². The molecule has 0 heterocycles. The van der Waals surface area contributed by atoms with Crippen molar-refractivity contribution in [3.05, 3.63) is 333 Å². The number of benzene rings is 11. The van der Waals surface area contributed by atoms with Gasteiger partial charge in [-0.3, -0.25) is 4.79 Å². The van der Waals surface area contributed by atoms with Crippen LogP contribution in [0.3, 0.4) is 0 Å². The van der Waals surface area contributed by atoms with E-state index in [1.54, 1.807) is 60.7 Å². The summed E-state index contributed by atoms with van der Waals surface area (Å²) >= 11 is 0. The summed E-state index contributed by atoms with van der Waals surface area (Å²) in [5, 5.41) is 20.7. The lowest BCUT2D eigenvalue weighted by Gasteiger charge is -2.20. The first-order chi connectivity index (χ1) is 45.6. The van der Waals surface area contributed by atoms with Crippen molar-refractivity contribution in [3.8, 4) is 46.0 Å². The summed E-state index contributed by atoms with van der Waals surface area (Å²) in [5.74, 6) is 0.0102. The van der Waals surface area contributed by atoms with Gasteiger partial charge in [0.25, 0.3) is 5.91 Å². The van der Waals surface area contributed by atoms with Crippen LogP contribution in [0.5, 0.6) is 46.0 Å². The average molecular weight is 1260 g/mol. The van der Waals surface area contributed by atoms with Gasteiger partial charge in [0.05, 0.1) is 22.5 Å². The van der Waals surface area contributed by atoms with E-state index in [4.69, 9.17) is 49.1 Å². The quantitative estimate of drug-likeness (QED) is 0.0205. The lowest BCUT2D eigenvalue weighted by molar-refractivity contribution is 0.0694. The van der Waals surface area contributed by atoms with Crippen molar-refractivity contribution in [1.82, 2.24) is 0 Å². The highest BCUT2D eigenvalue weighted by Gasteiger charge is 2.25. The van der Waals surface area contributed by atoms with E-state index in [1.807, 2.05) is 229 Å². The Morgan fingerprint density at radius 1 is 0.372 bits per heavy atom. The van der Waals surface area contributed by atoms with Crippen LogP contribution >= 0.6 is 0 Å². The molecule has 11 rings (SSSR count). The number of carboxylic acid groups (broad SMARTS) is 1. The number of aryl methyl sites for hydroxylation is 4. The van der Waals surface area contributed by atoms with Gasteiger partial charge in [0, 0.05) is 5.56 Å². The van der Waals surface area contributed by atoms with Gasteiger partial charge in [0.2, 0.25) is 11.5 Å². The Balaban J connectivity index is 0.000000419. The predicted octanol–water partition coefficient (Wildman–Crippen LogP) is 17.5. The second-order valence-corrected chi connectivity index (χ2v) is 22.2. The highest BCUT2D eigenvalue weighted by Crippen LogP contribution is 2.43. The molecule has 0 aliphatic rings. The van der Waals surface area contributed by atoms with Crippen molar-refractivity contribution in [1.29, 1.82) is 0 Å². The van der Waals surface area contributed by atoms with Crippen LogP contribution < -0.4 is 44.2 Å².